The van der Waals surface area contributed by atoms with Gasteiger partial charge in [0.1, 0.15) is 0 Å². The minimum atomic E-state index is -1.99. The average Bonchev–Trinajstić information content (AvgIpc) is 2.27. The summed E-state index contributed by atoms with van der Waals surface area (Å²) in [5, 5.41) is 6.14. The highest BCUT2D eigenvalue weighted by molar-refractivity contribution is 7.18. The number of hydrazone groups is 1. The number of rotatable bonds is 3. The molecule has 0 spiro atoms. The van der Waals surface area contributed by atoms with Crippen LogP contribution in [0.3, 0.4) is 0 Å². The van der Waals surface area contributed by atoms with Crippen LogP contribution in [-0.2, 0) is 4.43 Å². The molecule has 1 aromatic carbocycles. The Bertz CT molecular complexity index is 404. The maximum absolute atomic E-state index is 6.45. The average molecular weight is 269 g/mol. The standard InChI is InChI=1S/C12H17ClN2OSi/c1-15(2)14-12(11-7-4-3-5-8-11)16-17(13)9-6-10-17/h3-5,7-8H,6,9-10H2,1-2H3/b14-12+. The molecule has 17 heavy (non-hydrogen) atoms. The fraction of sp³-hybridized carbons (Fsp3) is 0.417. The Kier molecular flexibility index (Phi) is 3.74. The molecule has 0 aliphatic carbocycles. The SMILES string of the molecule is CN(C)/N=C(/O[Si]1(Cl)CCC1)c1ccccc1. The molecule has 0 atom stereocenters. The molecule has 1 aliphatic rings. The number of hydrogen-bond donors (Lipinski definition) is 0. The summed E-state index contributed by atoms with van der Waals surface area (Å²) in [4.78, 5) is 0. The molecule has 0 bridgehead atoms. The van der Waals surface area contributed by atoms with E-state index in [0.717, 1.165) is 17.7 Å². The molecule has 1 aromatic rings. The lowest BCUT2D eigenvalue weighted by Crippen LogP contribution is -2.41. The number of nitrogens with zero attached hydrogens (tertiary/aromatic N) is 2. The van der Waals surface area contributed by atoms with Crippen LogP contribution in [0, 0.1) is 0 Å². The number of hydrogen-bond acceptors (Lipinski definition) is 3. The third kappa shape index (κ3) is 3.23. The predicted octanol–water partition coefficient (Wildman–Crippen LogP) is 3.01. The van der Waals surface area contributed by atoms with Crippen LogP contribution in [0.4, 0.5) is 0 Å². The van der Waals surface area contributed by atoms with Gasteiger partial charge in [-0.05, 0) is 30.6 Å². The van der Waals surface area contributed by atoms with Gasteiger partial charge >= 0.3 is 7.63 Å². The summed E-state index contributed by atoms with van der Waals surface area (Å²) < 4.78 is 5.98. The summed E-state index contributed by atoms with van der Waals surface area (Å²) in [7, 11) is 1.77. The second kappa shape index (κ2) is 5.10. The summed E-state index contributed by atoms with van der Waals surface area (Å²) in [6, 6.07) is 12.0. The molecule has 5 heteroatoms. The van der Waals surface area contributed by atoms with Gasteiger partial charge in [0.15, 0.2) is 0 Å². The zero-order chi connectivity index (χ0) is 12.3. The van der Waals surface area contributed by atoms with Crippen LogP contribution in [-0.4, -0.2) is 32.6 Å². The van der Waals surface area contributed by atoms with E-state index in [9.17, 15) is 0 Å². The Morgan fingerprint density at radius 2 is 1.94 bits per heavy atom. The monoisotopic (exact) mass is 268 g/mol. The smallest absolute Gasteiger partial charge is 0.349 e. The second-order valence-electron chi connectivity index (χ2n) is 4.46. The Morgan fingerprint density at radius 3 is 2.41 bits per heavy atom. The van der Waals surface area contributed by atoms with Crippen molar-refractivity contribution in [3.8, 4) is 0 Å². The first-order valence-corrected chi connectivity index (χ1v) is 9.12. The first-order valence-electron chi connectivity index (χ1n) is 5.78. The number of halogens is 1. The van der Waals surface area contributed by atoms with Gasteiger partial charge in [0, 0.05) is 19.7 Å². The van der Waals surface area contributed by atoms with E-state index in [1.54, 1.807) is 5.01 Å². The summed E-state index contributed by atoms with van der Waals surface area (Å²) >= 11 is 6.45. The fourth-order valence-electron chi connectivity index (χ4n) is 1.63. The van der Waals surface area contributed by atoms with Gasteiger partial charge in [-0.2, -0.15) is 0 Å². The van der Waals surface area contributed by atoms with Gasteiger partial charge in [-0.15, -0.1) is 16.2 Å². The van der Waals surface area contributed by atoms with Gasteiger partial charge in [-0.25, -0.2) is 0 Å². The largest absolute Gasteiger partial charge is 0.514 e. The summed E-state index contributed by atoms with van der Waals surface area (Å²) in [5.41, 5.74) is 0.987. The highest BCUT2D eigenvalue weighted by Gasteiger charge is 2.43. The molecule has 1 heterocycles. The molecule has 0 unspecified atom stereocenters. The lowest BCUT2D eigenvalue weighted by molar-refractivity contribution is 0.409. The topological polar surface area (TPSA) is 24.8 Å². The maximum atomic E-state index is 6.45. The minimum Gasteiger partial charge on any atom is -0.514 e. The summed E-state index contributed by atoms with van der Waals surface area (Å²) in [6.07, 6.45) is 1.18. The van der Waals surface area contributed by atoms with Gasteiger partial charge in [0.05, 0.1) is 0 Å². The van der Waals surface area contributed by atoms with E-state index in [0.29, 0.717) is 5.90 Å². The van der Waals surface area contributed by atoms with Crippen molar-refractivity contribution in [2.45, 2.75) is 18.5 Å². The molecule has 0 saturated carbocycles. The van der Waals surface area contributed by atoms with Gasteiger partial charge in [-0.1, -0.05) is 18.2 Å². The maximum Gasteiger partial charge on any atom is 0.349 e. The first kappa shape index (κ1) is 12.5. The Hall–Kier alpha value is -1.00. The lowest BCUT2D eigenvalue weighted by atomic mass is 10.2. The molecule has 0 amide bonds. The molecular weight excluding hydrogens is 252 g/mol. The normalized spacial score (nSPS) is 18.4. The van der Waals surface area contributed by atoms with Crippen molar-refractivity contribution in [3.63, 3.8) is 0 Å². The molecule has 0 N–H and O–H groups in total. The number of benzene rings is 1. The van der Waals surface area contributed by atoms with Crippen LogP contribution in [0.25, 0.3) is 0 Å². The molecule has 0 radical (unpaired) electrons. The van der Waals surface area contributed by atoms with Crippen LogP contribution < -0.4 is 0 Å². The second-order valence-corrected chi connectivity index (χ2v) is 9.49. The van der Waals surface area contributed by atoms with Gasteiger partial charge in [0.25, 0.3) is 0 Å². The molecular formula is C12H17ClN2OSi. The van der Waals surface area contributed by atoms with E-state index >= 15 is 0 Å². The molecule has 1 fully saturated rings. The Labute approximate surface area is 108 Å². The third-order valence-electron chi connectivity index (χ3n) is 2.69. The summed E-state index contributed by atoms with van der Waals surface area (Å²) in [6.45, 7) is 0. The summed E-state index contributed by atoms with van der Waals surface area (Å²) in [5.74, 6) is 0.650. The molecule has 1 aliphatic heterocycles. The Balaban J connectivity index is 2.20. The first-order chi connectivity index (χ1) is 8.09. The van der Waals surface area contributed by atoms with Crippen molar-refractivity contribution < 1.29 is 4.43 Å². The third-order valence-corrected chi connectivity index (χ3v) is 6.82. The quantitative estimate of drug-likeness (QED) is 0.277. The van der Waals surface area contributed by atoms with Crippen LogP contribution in [0.15, 0.2) is 35.4 Å². The van der Waals surface area contributed by atoms with E-state index in [1.165, 1.54) is 6.42 Å². The van der Waals surface area contributed by atoms with E-state index in [2.05, 4.69) is 5.10 Å². The molecule has 2 rings (SSSR count). The molecule has 92 valence electrons. The van der Waals surface area contributed by atoms with Crippen LogP contribution in [0.5, 0.6) is 0 Å². The van der Waals surface area contributed by atoms with Crippen LogP contribution in [0.1, 0.15) is 12.0 Å². The molecule has 1 saturated heterocycles. The van der Waals surface area contributed by atoms with Crippen molar-refractivity contribution in [2.75, 3.05) is 14.1 Å². The van der Waals surface area contributed by atoms with Crippen molar-refractivity contribution >= 4 is 24.6 Å². The van der Waals surface area contributed by atoms with Crippen molar-refractivity contribution in [3.05, 3.63) is 35.9 Å². The van der Waals surface area contributed by atoms with Gasteiger partial charge in [0.2, 0.25) is 5.90 Å². The minimum absolute atomic E-state index is 0.650. The Morgan fingerprint density at radius 1 is 1.29 bits per heavy atom. The van der Waals surface area contributed by atoms with Gasteiger partial charge in [-0.3, -0.25) is 5.01 Å². The zero-order valence-corrected chi connectivity index (χ0v) is 11.9. The fourth-order valence-corrected chi connectivity index (χ4v) is 4.27. The van der Waals surface area contributed by atoms with E-state index in [1.807, 2.05) is 44.4 Å². The highest BCUT2D eigenvalue weighted by atomic mass is 35.6. The lowest BCUT2D eigenvalue weighted by Gasteiger charge is -2.33. The van der Waals surface area contributed by atoms with E-state index in [4.69, 9.17) is 15.5 Å². The van der Waals surface area contributed by atoms with Crippen molar-refractivity contribution in [1.82, 2.24) is 5.01 Å². The van der Waals surface area contributed by atoms with E-state index in [-0.39, 0.29) is 0 Å². The highest BCUT2D eigenvalue weighted by Crippen LogP contribution is 2.37. The van der Waals surface area contributed by atoms with E-state index < -0.39 is 7.63 Å². The zero-order valence-electron chi connectivity index (χ0n) is 10.2. The molecule has 0 aromatic heterocycles. The predicted molar refractivity (Wildman–Crippen MR) is 73.6 cm³/mol. The molecule has 3 nitrogen and oxygen atoms in total. The van der Waals surface area contributed by atoms with Crippen LogP contribution in [0.2, 0.25) is 12.1 Å². The van der Waals surface area contributed by atoms with Gasteiger partial charge < -0.3 is 4.43 Å². The van der Waals surface area contributed by atoms with Crippen molar-refractivity contribution in [2.24, 2.45) is 5.10 Å². The van der Waals surface area contributed by atoms with Crippen LogP contribution >= 0.6 is 11.1 Å². The van der Waals surface area contributed by atoms with Crippen molar-refractivity contribution in [1.29, 1.82) is 0 Å².